The maximum atomic E-state index is 13.1. The molecule has 5 heteroatoms. The summed E-state index contributed by atoms with van der Waals surface area (Å²) < 4.78 is 31.3. The van der Waals surface area contributed by atoms with Gasteiger partial charge in [-0.1, -0.05) is 6.07 Å². The summed E-state index contributed by atoms with van der Waals surface area (Å²) in [4.78, 5) is 0. The first-order chi connectivity index (χ1) is 9.79. The summed E-state index contributed by atoms with van der Waals surface area (Å²) in [5.41, 5.74) is 0.239. The van der Waals surface area contributed by atoms with Gasteiger partial charge in [0, 0.05) is 18.7 Å². The fourth-order valence-corrected chi connectivity index (χ4v) is 2.36. The number of rotatable bonds is 5. The van der Waals surface area contributed by atoms with Crippen molar-refractivity contribution in [3.8, 4) is 0 Å². The lowest BCUT2D eigenvalue weighted by molar-refractivity contribution is 0.0552. The molecule has 1 unspecified atom stereocenters. The van der Waals surface area contributed by atoms with Crippen LogP contribution in [0.1, 0.15) is 29.6 Å². The second-order valence-electron chi connectivity index (χ2n) is 5.45. The van der Waals surface area contributed by atoms with Crippen LogP contribution in [0.2, 0.25) is 0 Å². The third-order valence-corrected chi connectivity index (χ3v) is 3.40. The number of hydrogen-bond acceptors (Lipinski definition) is 3. The van der Waals surface area contributed by atoms with Gasteiger partial charge in [-0.05, 0) is 44.5 Å². The summed E-state index contributed by atoms with van der Waals surface area (Å²) >= 11 is 0. The number of halogens is 2. The summed E-state index contributed by atoms with van der Waals surface area (Å²) in [6.45, 7) is 5.91. The molecule has 0 radical (unpaired) electrons. The summed E-state index contributed by atoms with van der Waals surface area (Å²) in [5, 5.41) is 13.5. The standard InChI is InChI=1S/C16H19F2NO2/c1-10-6-13(11(2)21-10)16(3,20)9-19-8-12-4-5-14(17)15(18)7-12/h4-7,19-20H,8-9H2,1-3H3. The molecule has 1 aromatic heterocycles. The molecular weight excluding hydrogens is 276 g/mol. The molecule has 114 valence electrons. The Hall–Kier alpha value is -1.72. The molecule has 2 rings (SSSR count). The number of nitrogens with one attached hydrogen (secondary N) is 1. The Labute approximate surface area is 122 Å². The summed E-state index contributed by atoms with van der Waals surface area (Å²) in [5.74, 6) is -0.326. The molecule has 0 aliphatic heterocycles. The van der Waals surface area contributed by atoms with Crippen molar-refractivity contribution in [3.63, 3.8) is 0 Å². The van der Waals surface area contributed by atoms with Crippen molar-refractivity contribution in [2.45, 2.75) is 32.9 Å². The van der Waals surface area contributed by atoms with Gasteiger partial charge in [0.25, 0.3) is 0 Å². The lowest BCUT2D eigenvalue weighted by atomic mass is 9.96. The fraction of sp³-hybridized carbons (Fsp3) is 0.375. The van der Waals surface area contributed by atoms with Gasteiger partial charge in [-0.2, -0.15) is 0 Å². The van der Waals surface area contributed by atoms with Crippen molar-refractivity contribution >= 4 is 0 Å². The van der Waals surface area contributed by atoms with Gasteiger partial charge >= 0.3 is 0 Å². The van der Waals surface area contributed by atoms with Crippen LogP contribution >= 0.6 is 0 Å². The van der Waals surface area contributed by atoms with Gasteiger partial charge < -0.3 is 14.8 Å². The molecule has 0 saturated heterocycles. The fourth-order valence-electron chi connectivity index (χ4n) is 2.36. The quantitative estimate of drug-likeness (QED) is 0.890. The minimum atomic E-state index is -1.10. The first-order valence-corrected chi connectivity index (χ1v) is 6.74. The SMILES string of the molecule is Cc1cc(C(C)(O)CNCc2ccc(F)c(F)c2)c(C)o1. The van der Waals surface area contributed by atoms with Crippen molar-refractivity contribution < 1.29 is 18.3 Å². The van der Waals surface area contributed by atoms with Crippen molar-refractivity contribution in [2.75, 3.05) is 6.54 Å². The van der Waals surface area contributed by atoms with Crippen LogP contribution in [0.4, 0.5) is 8.78 Å². The highest BCUT2D eigenvalue weighted by Crippen LogP contribution is 2.26. The predicted octanol–water partition coefficient (Wildman–Crippen LogP) is 3.17. The van der Waals surface area contributed by atoms with Gasteiger partial charge in [-0.15, -0.1) is 0 Å². The maximum Gasteiger partial charge on any atom is 0.159 e. The first-order valence-electron chi connectivity index (χ1n) is 6.74. The predicted molar refractivity (Wildman–Crippen MR) is 75.8 cm³/mol. The summed E-state index contributed by atoms with van der Waals surface area (Å²) in [6, 6.07) is 5.54. The Morgan fingerprint density at radius 3 is 2.48 bits per heavy atom. The van der Waals surface area contributed by atoms with E-state index in [-0.39, 0.29) is 6.54 Å². The van der Waals surface area contributed by atoms with Gasteiger partial charge in [0.2, 0.25) is 0 Å². The molecule has 21 heavy (non-hydrogen) atoms. The Balaban J connectivity index is 1.98. The Morgan fingerprint density at radius 2 is 1.90 bits per heavy atom. The normalized spacial score (nSPS) is 14.2. The number of hydrogen-bond donors (Lipinski definition) is 2. The van der Waals surface area contributed by atoms with E-state index in [1.807, 2.05) is 6.92 Å². The van der Waals surface area contributed by atoms with Gasteiger partial charge in [-0.3, -0.25) is 0 Å². The van der Waals surface area contributed by atoms with Crippen LogP contribution in [0.25, 0.3) is 0 Å². The van der Waals surface area contributed by atoms with Crippen molar-refractivity contribution in [1.82, 2.24) is 5.32 Å². The van der Waals surface area contributed by atoms with Crippen LogP contribution in [0.3, 0.4) is 0 Å². The van der Waals surface area contributed by atoms with E-state index in [2.05, 4.69) is 5.32 Å². The molecule has 3 nitrogen and oxygen atoms in total. The van der Waals surface area contributed by atoms with Gasteiger partial charge in [0.05, 0.1) is 0 Å². The van der Waals surface area contributed by atoms with Crippen molar-refractivity contribution in [1.29, 1.82) is 0 Å². The Bertz CT molecular complexity index is 635. The zero-order valence-corrected chi connectivity index (χ0v) is 12.3. The van der Waals surface area contributed by atoms with Crippen LogP contribution in [-0.4, -0.2) is 11.7 Å². The second kappa shape index (κ2) is 5.95. The molecule has 0 amide bonds. The average Bonchev–Trinajstić information content (AvgIpc) is 2.73. The third-order valence-electron chi connectivity index (χ3n) is 3.40. The number of furan rings is 1. The molecule has 0 aliphatic carbocycles. The highest BCUT2D eigenvalue weighted by Gasteiger charge is 2.27. The van der Waals surface area contributed by atoms with Crippen LogP contribution in [0, 0.1) is 25.5 Å². The lowest BCUT2D eigenvalue weighted by Gasteiger charge is -2.23. The molecule has 1 heterocycles. The average molecular weight is 295 g/mol. The van der Waals surface area contributed by atoms with E-state index < -0.39 is 17.2 Å². The molecular formula is C16H19F2NO2. The number of aliphatic hydroxyl groups is 1. The zero-order chi connectivity index (χ0) is 15.6. The molecule has 0 fully saturated rings. The van der Waals surface area contributed by atoms with Gasteiger partial charge in [0.1, 0.15) is 17.1 Å². The van der Waals surface area contributed by atoms with Crippen molar-refractivity contribution in [3.05, 3.63) is 58.5 Å². The minimum Gasteiger partial charge on any atom is -0.466 e. The second-order valence-corrected chi connectivity index (χ2v) is 5.45. The molecule has 0 spiro atoms. The molecule has 0 bridgehead atoms. The number of benzene rings is 1. The third kappa shape index (κ3) is 3.68. The lowest BCUT2D eigenvalue weighted by Crippen LogP contribution is -2.35. The van der Waals surface area contributed by atoms with Crippen LogP contribution in [-0.2, 0) is 12.1 Å². The van der Waals surface area contributed by atoms with E-state index >= 15 is 0 Å². The summed E-state index contributed by atoms with van der Waals surface area (Å²) in [6.07, 6.45) is 0. The molecule has 1 atom stereocenters. The monoisotopic (exact) mass is 295 g/mol. The van der Waals surface area contributed by atoms with E-state index in [1.54, 1.807) is 19.9 Å². The van der Waals surface area contributed by atoms with E-state index in [4.69, 9.17) is 4.42 Å². The first kappa shape index (κ1) is 15.7. The Morgan fingerprint density at radius 1 is 1.19 bits per heavy atom. The summed E-state index contributed by atoms with van der Waals surface area (Å²) in [7, 11) is 0. The Kier molecular flexibility index (Phi) is 4.44. The van der Waals surface area contributed by atoms with Gasteiger partial charge in [-0.25, -0.2) is 8.78 Å². The van der Waals surface area contributed by atoms with Gasteiger partial charge in [0.15, 0.2) is 11.6 Å². The van der Waals surface area contributed by atoms with E-state index in [0.717, 1.165) is 23.5 Å². The van der Waals surface area contributed by atoms with Crippen LogP contribution in [0.5, 0.6) is 0 Å². The van der Waals surface area contributed by atoms with Crippen LogP contribution in [0.15, 0.2) is 28.7 Å². The maximum absolute atomic E-state index is 13.1. The van der Waals surface area contributed by atoms with Crippen molar-refractivity contribution in [2.24, 2.45) is 0 Å². The molecule has 0 saturated carbocycles. The molecule has 0 aliphatic rings. The van der Waals surface area contributed by atoms with E-state index in [0.29, 0.717) is 17.9 Å². The smallest absolute Gasteiger partial charge is 0.159 e. The topological polar surface area (TPSA) is 45.4 Å². The molecule has 2 N–H and O–H groups in total. The number of aryl methyl sites for hydroxylation is 2. The van der Waals surface area contributed by atoms with E-state index in [9.17, 15) is 13.9 Å². The van der Waals surface area contributed by atoms with Crippen LogP contribution < -0.4 is 5.32 Å². The zero-order valence-electron chi connectivity index (χ0n) is 12.3. The highest BCUT2D eigenvalue weighted by molar-refractivity contribution is 5.27. The minimum absolute atomic E-state index is 0.270. The highest BCUT2D eigenvalue weighted by atomic mass is 19.2. The molecule has 2 aromatic rings. The largest absolute Gasteiger partial charge is 0.466 e. The van der Waals surface area contributed by atoms with E-state index in [1.165, 1.54) is 6.07 Å². The molecule has 1 aromatic carbocycles.